The molecule has 0 radical (unpaired) electrons. The van der Waals surface area contributed by atoms with Gasteiger partial charge < -0.3 is 10.1 Å². The van der Waals surface area contributed by atoms with Gasteiger partial charge in [0, 0.05) is 4.47 Å². The normalized spacial score (nSPS) is 12.2. The standard InChI is InChI=1S/C17H20BrNO/c1-11-5-6-12(2)15(9-11)17(19-3)14-8-7-13(20-4)10-16(14)18/h5-10,17,19H,1-4H3. The van der Waals surface area contributed by atoms with E-state index in [0.29, 0.717) is 0 Å². The van der Waals surface area contributed by atoms with Crippen LogP contribution in [0.25, 0.3) is 0 Å². The van der Waals surface area contributed by atoms with Crippen molar-refractivity contribution >= 4 is 15.9 Å². The summed E-state index contributed by atoms with van der Waals surface area (Å²) in [6, 6.07) is 12.8. The highest BCUT2D eigenvalue weighted by Gasteiger charge is 2.17. The summed E-state index contributed by atoms with van der Waals surface area (Å²) >= 11 is 3.65. The van der Waals surface area contributed by atoms with Gasteiger partial charge in [-0.1, -0.05) is 45.8 Å². The first kappa shape index (κ1) is 15.1. The highest BCUT2D eigenvalue weighted by atomic mass is 79.9. The van der Waals surface area contributed by atoms with E-state index < -0.39 is 0 Å². The summed E-state index contributed by atoms with van der Waals surface area (Å²) in [4.78, 5) is 0. The van der Waals surface area contributed by atoms with Crippen LogP contribution in [0.1, 0.15) is 28.3 Å². The fourth-order valence-corrected chi connectivity index (χ4v) is 3.01. The maximum atomic E-state index is 5.26. The van der Waals surface area contributed by atoms with Crippen molar-refractivity contribution in [3.63, 3.8) is 0 Å². The molecule has 0 aliphatic heterocycles. The van der Waals surface area contributed by atoms with Gasteiger partial charge in [0.25, 0.3) is 0 Å². The van der Waals surface area contributed by atoms with Gasteiger partial charge in [-0.05, 0) is 49.7 Å². The molecule has 0 saturated heterocycles. The number of halogens is 1. The zero-order chi connectivity index (χ0) is 14.7. The van der Waals surface area contributed by atoms with Gasteiger partial charge in [-0.15, -0.1) is 0 Å². The molecule has 0 amide bonds. The molecule has 0 heterocycles. The lowest BCUT2D eigenvalue weighted by Gasteiger charge is -2.21. The SMILES string of the molecule is CNC(c1cc(C)ccc1C)c1ccc(OC)cc1Br. The van der Waals surface area contributed by atoms with E-state index in [4.69, 9.17) is 4.74 Å². The predicted molar refractivity (Wildman–Crippen MR) is 87.5 cm³/mol. The van der Waals surface area contributed by atoms with E-state index in [1.54, 1.807) is 7.11 Å². The first-order valence-electron chi connectivity index (χ1n) is 6.64. The van der Waals surface area contributed by atoms with Crippen LogP contribution in [0.5, 0.6) is 5.75 Å². The number of aryl methyl sites for hydroxylation is 2. The second-order valence-corrected chi connectivity index (χ2v) is 5.82. The second-order valence-electron chi connectivity index (χ2n) is 4.97. The molecule has 2 nitrogen and oxygen atoms in total. The third-order valence-corrected chi connectivity index (χ3v) is 4.24. The first-order valence-corrected chi connectivity index (χ1v) is 7.44. The summed E-state index contributed by atoms with van der Waals surface area (Å²) in [7, 11) is 3.67. The molecule has 0 aromatic heterocycles. The number of benzene rings is 2. The molecule has 0 spiro atoms. The van der Waals surface area contributed by atoms with Crippen LogP contribution in [0.3, 0.4) is 0 Å². The van der Waals surface area contributed by atoms with Crippen molar-refractivity contribution in [3.05, 3.63) is 63.1 Å². The molecule has 2 rings (SSSR count). The Morgan fingerprint density at radius 3 is 2.40 bits per heavy atom. The molecule has 0 aliphatic rings. The number of rotatable bonds is 4. The van der Waals surface area contributed by atoms with Crippen LogP contribution >= 0.6 is 15.9 Å². The molecule has 0 bridgehead atoms. The van der Waals surface area contributed by atoms with Gasteiger partial charge in [-0.25, -0.2) is 0 Å². The van der Waals surface area contributed by atoms with E-state index >= 15 is 0 Å². The Labute approximate surface area is 129 Å². The zero-order valence-corrected chi connectivity index (χ0v) is 13.9. The van der Waals surface area contributed by atoms with Gasteiger partial charge in [-0.3, -0.25) is 0 Å². The molecule has 2 aromatic rings. The highest BCUT2D eigenvalue weighted by molar-refractivity contribution is 9.10. The molecular weight excluding hydrogens is 314 g/mol. The van der Waals surface area contributed by atoms with E-state index in [1.165, 1.54) is 22.3 Å². The number of nitrogens with one attached hydrogen (secondary N) is 1. The lowest BCUT2D eigenvalue weighted by Crippen LogP contribution is -2.19. The van der Waals surface area contributed by atoms with Crippen LogP contribution < -0.4 is 10.1 Å². The van der Waals surface area contributed by atoms with Crippen LogP contribution in [0.15, 0.2) is 40.9 Å². The number of hydrogen-bond donors (Lipinski definition) is 1. The van der Waals surface area contributed by atoms with E-state index in [1.807, 2.05) is 19.2 Å². The van der Waals surface area contributed by atoms with Gasteiger partial charge in [0.05, 0.1) is 13.2 Å². The van der Waals surface area contributed by atoms with Crippen molar-refractivity contribution in [2.75, 3.05) is 14.2 Å². The minimum atomic E-state index is 0.162. The van der Waals surface area contributed by atoms with Crippen molar-refractivity contribution < 1.29 is 4.74 Å². The highest BCUT2D eigenvalue weighted by Crippen LogP contribution is 2.32. The smallest absolute Gasteiger partial charge is 0.120 e. The van der Waals surface area contributed by atoms with Gasteiger partial charge in [0.1, 0.15) is 5.75 Å². The fraction of sp³-hybridized carbons (Fsp3) is 0.294. The van der Waals surface area contributed by atoms with Crippen LogP contribution in [0.2, 0.25) is 0 Å². The maximum Gasteiger partial charge on any atom is 0.120 e. The molecule has 0 aliphatic carbocycles. The molecule has 1 N–H and O–H groups in total. The lowest BCUT2D eigenvalue weighted by molar-refractivity contribution is 0.414. The van der Waals surface area contributed by atoms with Crippen LogP contribution in [-0.2, 0) is 0 Å². The molecule has 1 unspecified atom stereocenters. The van der Waals surface area contributed by atoms with Crippen molar-refractivity contribution in [2.45, 2.75) is 19.9 Å². The van der Waals surface area contributed by atoms with Gasteiger partial charge in [-0.2, -0.15) is 0 Å². The molecule has 20 heavy (non-hydrogen) atoms. The molecule has 0 saturated carbocycles. The van der Waals surface area contributed by atoms with Crippen molar-refractivity contribution in [3.8, 4) is 5.75 Å². The van der Waals surface area contributed by atoms with Gasteiger partial charge in [0.2, 0.25) is 0 Å². The van der Waals surface area contributed by atoms with Crippen LogP contribution in [0, 0.1) is 13.8 Å². The Hall–Kier alpha value is -1.32. The van der Waals surface area contributed by atoms with Gasteiger partial charge in [0.15, 0.2) is 0 Å². The maximum absolute atomic E-state index is 5.26. The largest absolute Gasteiger partial charge is 0.497 e. The first-order chi connectivity index (χ1) is 9.56. The monoisotopic (exact) mass is 333 g/mol. The fourth-order valence-electron chi connectivity index (χ4n) is 2.42. The average molecular weight is 334 g/mol. The predicted octanol–water partition coefficient (Wildman–Crippen LogP) is 4.38. The average Bonchev–Trinajstić information content (AvgIpc) is 2.44. The van der Waals surface area contributed by atoms with E-state index in [-0.39, 0.29) is 6.04 Å². The molecule has 0 fully saturated rings. The Kier molecular flexibility index (Phi) is 4.84. The van der Waals surface area contributed by atoms with E-state index in [9.17, 15) is 0 Å². The third kappa shape index (κ3) is 3.05. The van der Waals surface area contributed by atoms with Crippen LogP contribution in [-0.4, -0.2) is 14.2 Å². The van der Waals surface area contributed by atoms with Crippen LogP contribution in [0.4, 0.5) is 0 Å². The van der Waals surface area contributed by atoms with Crippen molar-refractivity contribution in [1.82, 2.24) is 5.32 Å². The molecule has 1 atom stereocenters. The summed E-state index contributed by atoms with van der Waals surface area (Å²) in [5.74, 6) is 0.858. The quantitative estimate of drug-likeness (QED) is 0.896. The summed E-state index contributed by atoms with van der Waals surface area (Å²) in [5.41, 5.74) is 5.08. The molecular formula is C17H20BrNO. The van der Waals surface area contributed by atoms with E-state index in [2.05, 4.69) is 59.4 Å². The van der Waals surface area contributed by atoms with Crippen molar-refractivity contribution in [2.24, 2.45) is 0 Å². The summed E-state index contributed by atoms with van der Waals surface area (Å²) in [5, 5.41) is 3.41. The van der Waals surface area contributed by atoms with Crippen molar-refractivity contribution in [1.29, 1.82) is 0 Å². The minimum Gasteiger partial charge on any atom is -0.497 e. The number of hydrogen-bond acceptors (Lipinski definition) is 2. The molecule has 106 valence electrons. The van der Waals surface area contributed by atoms with E-state index in [0.717, 1.165) is 10.2 Å². The summed E-state index contributed by atoms with van der Waals surface area (Å²) in [6.45, 7) is 4.27. The number of ether oxygens (including phenoxy) is 1. The van der Waals surface area contributed by atoms with Gasteiger partial charge >= 0.3 is 0 Å². The second kappa shape index (κ2) is 6.42. The minimum absolute atomic E-state index is 0.162. The lowest BCUT2D eigenvalue weighted by atomic mass is 9.93. The Balaban J connectivity index is 2.49. The zero-order valence-electron chi connectivity index (χ0n) is 12.3. The third-order valence-electron chi connectivity index (χ3n) is 3.55. The Morgan fingerprint density at radius 1 is 1.05 bits per heavy atom. The topological polar surface area (TPSA) is 21.3 Å². The summed E-state index contributed by atoms with van der Waals surface area (Å²) in [6.07, 6.45) is 0. The summed E-state index contributed by atoms with van der Waals surface area (Å²) < 4.78 is 6.31. The Bertz CT molecular complexity index is 610. The number of methoxy groups -OCH3 is 1. The Morgan fingerprint density at radius 2 is 1.80 bits per heavy atom. The molecule has 2 aromatic carbocycles. The molecule has 3 heteroatoms.